The quantitative estimate of drug-likeness (QED) is 0.757. The van der Waals surface area contributed by atoms with E-state index in [4.69, 9.17) is 0 Å². The molecule has 0 atom stereocenters. The van der Waals surface area contributed by atoms with Crippen LogP contribution in [0.4, 0.5) is 10.2 Å². The van der Waals surface area contributed by atoms with Crippen LogP contribution in [0.1, 0.15) is 26.3 Å². The number of nitrogens with one attached hydrogen (secondary N) is 1. The summed E-state index contributed by atoms with van der Waals surface area (Å²) in [5.74, 6) is 0.184. The third-order valence-corrected chi connectivity index (χ3v) is 3.81. The van der Waals surface area contributed by atoms with Crippen molar-refractivity contribution < 1.29 is 9.18 Å². The molecule has 24 heavy (non-hydrogen) atoms. The number of aromatic nitrogens is 2. The SMILES string of the molecule is Cc1ccn2c(NC(=O)C(C)(C)C)c(-c3ccc(F)cc3)nc2c1. The number of amides is 1. The first-order valence-corrected chi connectivity index (χ1v) is 7.82. The molecule has 124 valence electrons. The van der Waals surface area contributed by atoms with E-state index in [1.807, 2.05) is 50.4 Å². The summed E-state index contributed by atoms with van der Waals surface area (Å²) in [4.78, 5) is 17.1. The van der Waals surface area contributed by atoms with E-state index in [-0.39, 0.29) is 11.7 Å². The summed E-state index contributed by atoms with van der Waals surface area (Å²) in [6.07, 6.45) is 1.88. The highest BCUT2D eigenvalue weighted by Gasteiger charge is 2.24. The zero-order valence-corrected chi connectivity index (χ0v) is 14.2. The van der Waals surface area contributed by atoms with Gasteiger partial charge in [0.2, 0.25) is 5.91 Å². The maximum absolute atomic E-state index is 13.2. The minimum atomic E-state index is -0.533. The van der Waals surface area contributed by atoms with Crippen LogP contribution in [0, 0.1) is 18.2 Å². The van der Waals surface area contributed by atoms with Crippen LogP contribution in [0.25, 0.3) is 16.9 Å². The summed E-state index contributed by atoms with van der Waals surface area (Å²) in [6.45, 7) is 7.55. The van der Waals surface area contributed by atoms with Gasteiger partial charge in [0.05, 0.1) is 0 Å². The summed E-state index contributed by atoms with van der Waals surface area (Å²) in [5.41, 5.74) is 2.65. The van der Waals surface area contributed by atoms with Crippen LogP contribution < -0.4 is 5.32 Å². The normalized spacial score (nSPS) is 11.7. The van der Waals surface area contributed by atoms with E-state index in [9.17, 15) is 9.18 Å². The van der Waals surface area contributed by atoms with Crippen molar-refractivity contribution in [3.63, 3.8) is 0 Å². The zero-order valence-electron chi connectivity index (χ0n) is 14.2. The molecule has 0 aliphatic rings. The number of nitrogens with zero attached hydrogens (tertiary/aromatic N) is 2. The summed E-state index contributed by atoms with van der Waals surface area (Å²) in [5, 5.41) is 2.97. The summed E-state index contributed by atoms with van der Waals surface area (Å²) >= 11 is 0. The minimum absolute atomic E-state index is 0.103. The summed E-state index contributed by atoms with van der Waals surface area (Å²) < 4.78 is 15.1. The number of hydrogen-bond donors (Lipinski definition) is 1. The Morgan fingerprint density at radius 2 is 1.83 bits per heavy atom. The molecule has 3 rings (SSSR count). The molecule has 0 aliphatic heterocycles. The lowest BCUT2D eigenvalue weighted by Crippen LogP contribution is -2.28. The number of halogens is 1. The molecule has 0 radical (unpaired) electrons. The number of carbonyl (C=O) groups is 1. The van der Waals surface area contributed by atoms with Gasteiger partial charge in [-0.2, -0.15) is 0 Å². The number of hydrogen-bond acceptors (Lipinski definition) is 2. The number of anilines is 1. The van der Waals surface area contributed by atoms with Crippen molar-refractivity contribution in [1.29, 1.82) is 0 Å². The lowest BCUT2D eigenvalue weighted by Gasteiger charge is -2.18. The molecular weight excluding hydrogens is 305 g/mol. The Morgan fingerprint density at radius 3 is 2.46 bits per heavy atom. The second kappa shape index (κ2) is 5.74. The van der Waals surface area contributed by atoms with E-state index in [1.165, 1.54) is 12.1 Å². The standard InChI is InChI=1S/C19H20FN3O/c1-12-9-10-23-15(11-12)21-16(13-5-7-14(20)8-6-13)17(23)22-18(24)19(2,3)4/h5-11H,1-4H3,(H,22,24). The highest BCUT2D eigenvalue weighted by atomic mass is 19.1. The van der Waals surface area contributed by atoms with Gasteiger partial charge in [-0.25, -0.2) is 9.37 Å². The van der Waals surface area contributed by atoms with E-state index in [1.54, 1.807) is 12.1 Å². The summed E-state index contributed by atoms with van der Waals surface area (Å²) in [7, 11) is 0. The topological polar surface area (TPSA) is 46.4 Å². The first-order valence-electron chi connectivity index (χ1n) is 7.82. The Balaban J connectivity index is 2.18. The van der Waals surface area contributed by atoms with Crippen LogP contribution in [0.5, 0.6) is 0 Å². The number of carbonyl (C=O) groups excluding carboxylic acids is 1. The van der Waals surface area contributed by atoms with Gasteiger partial charge in [0.1, 0.15) is 23.0 Å². The molecule has 0 saturated heterocycles. The number of imidazole rings is 1. The van der Waals surface area contributed by atoms with Crippen molar-refractivity contribution in [1.82, 2.24) is 9.38 Å². The summed E-state index contributed by atoms with van der Waals surface area (Å²) in [6, 6.07) is 10.0. The number of benzene rings is 1. The molecule has 0 spiro atoms. The predicted octanol–water partition coefficient (Wildman–Crippen LogP) is 4.43. The van der Waals surface area contributed by atoms with Gasteiger partial charge in [-0.1, -0.05) is 20.8 Å². The van der Waals surface area contributed by atoms with Crippen molar-refractivity contribution in [3.05, 3.63) is 54.0 Å². The lowest BCUT2D eigenvalue weighted by atomic mass is 9.95. The molecule has 1 amide bonds. The number of fused-ring (bicyclic) bond motifs is 1. The molecule has 2 aromatic heterocycles. The van der Waals surface area contributed by atoms with Gasteiger partial charge in [-0.3, -0.25) is 9.20 Å². The fourth-order valence-electron chi connectivity index (χ4n) is 2.37. The maximum atomic E-state index is 13.2. The first kappa shape index (κ1) is 16.2. The molecule has 0 bridgehead atoms. The van der Waals surface area contributed by atoms with Crippen LogP contribution in [0.15, 0.2) is 42.6 Å². The molecule has 0 aliphatic carbocycles. The number of aryl methyl sites for hydroxylation is 1. The van der Waals surface area contributed by atoms with Crippen LogP contribution in [-0.4, -0.2) is 15.3 Å². The van der Waals surface area contributed by atoms with E-state index in [0.717, 1.165) is 16.8 Å². The molecule has 3 aromatic rings. The van der Waals surface area contributed by atoms with Crippen molar-refractivity contribution in [2.24, 2.45) is 5.41 Å². The lowest BCUT2D eigenvalue weighted by molar-refractivity contribution is -0.123. The Kier molecular flexibility index (Phi) is 3.87. The average molecular weight is 325 g/mol. The maximum Gasteiger partial charge on any atom is 0.230 e. The van der Waals surface area contributed by atoms with Gasteiger partial charge in [-0.05, 0) is 48.9 Å². The Labute approximate surface area is 140 Å². The van der Waals surface area contributed by atoms with Crippen LogP contribution in [0.2, 0.25) is 0 Å². The zero-order chi connectivity index (χ0) is 17.5. The minimum Gasteiger partial charge on any atom is -0.309 e. The van der Waals surface area contributed by atoms with Crippen LogP contribution in [0.3, 0.4) is 0 Å². The first-order chi connectivity index (χ1) is 11.3. The van der Waals surface area contributed by atoms with Crippen molar-refractivity contribution in [2.45, 2.75) is 27.7 Å². The molecule has 1 N–H and O–H groups in total. The fourth-order valence-corrected chi connectivity index (χ4v) is 2.37. The largest absolute Gasteiger partial charge is 0.309 e. The third kappa shape index (κ3) is 3.02. The second-order valence-electron chi connectivity index (χ2n) is 6.95. The molecule has 2 heterocycles. The van der Waals surface area contributed by atoms with Crippen LogP contribution in [-0.2, 0) is 4.79 Å². The molecule has 0 saturated carbocycles. The predicted molar refractivity (Wildman–Crippen MR) is 93.4 cm³/mol. The van der Waals surface area contributed by atoms with E-state index in [0.29, 0.717) is 11.5 Å². The van der Waals surface area contributed by atoms with Crippen LogP contribution >= 0.6 is 0 Å². The van der Waals surface area contributed by atoms with Crippen molar-refractivity contribution >= 4 is 17.4 Å². The highest BCUT2D eigenvalue weighted by molar-refractivity contribution is 5.97. The van der Waals surface area contributed by atoms with Crippen molar-refractivity contribution in [2.75, 3.05) is 5.32 Å². The average Bonchev–Trinajstić information content (AvgIpc) is 2.85. The van der Waals surface area contributed by atoms with Gasteiger partial charge < -0.3 is 5.32 Å². The highest BCUT2D eigenvalue weighted by Crippen LogP contribution is 2.30. The Bertz CT molecular complexity index is 905. The third-order valence-electron chi connectivity index (χ3n) is 3.81. The number of rotatable bonds is 2. The second-order valence-corrected chi connectivity index (χ2v) is 6.95. The Hall–Kier alpha value is -2.69. The van der Waals surface area contributed by atoms with Gasteiger partial charge in [-0.15, -0.1) is 0 Å². The van der Waals surface area contributed by atoms with Gasteiger partial charge >= 0.3 is 0 Å². The van der Waals surface area contributed by atoms with Gasteiger partial charge in [0.15, 0.2) is 0 Å². The van der Waals surface area contributed by atoms with Gasteiger partial charge in [0, 0.05) is 17.2 Å². The Morgan fingerprint density at radius 1 is 1.17 bits per heavy atom. The molecule has 1 aromatic carbocycles. The molecular formula is C19H20FN3O. The molecule has 0 unspecified atom stereocenters. The molecule has 4 nitrogen and oxygen atoms in total. The van der Waals surface area contributed by atoms with Crippen molar-refractivity contribution in [3.8, 4) is 11.3 Å². The molecule has 5 heteroatoms. The van der Waals surface area contributed by atoms with E-state index < -0.39 is 5.41 Å². The monoisotopic (exact) mass is 325 g/mol. The number of pyridine rings is 1. The van der Waals surface area contributed by atoms with E-state index in [2.05, 4.69) is 10.3 Å². The van der Waals surface area contributed by atoms with Gasteiger partial charge in [0.25, 0.3) is 0 Å². The molecule has 0 fully saturated rings. The fraction of sp³-hybridized carbons (Fsp3) is 0.263. The van der Waals surface area contributed by atoms with E-state index >= 15 is 0 Å². The smallest absolute Gasteiger partial charge is 0.230 e.